The van der Waals surface area contributed by atoms with Gasteiger partial charge in [-0.1, -0.05) is 18.2 Å². The molecule has 0 spiro atoms. The van der Waals surface area contributed by atoms with Crippen LogP contribution in [0.3, 0.4) is 0 Å². The summed E-state index contributed by atoms with van der Waals surface area (Å²) in [6, 6.07) is 9.09. The van der Waals surface area contributed by atoms with E-state index in [0.717, 1.165) is 23.0 Å². The van der Waals surface area contributed by atoms with E-state index >= 15 is 0 Å². The van der Waals surface area contributed by atoms with Gasteiger partial charge in [-0.05, 0) is 28.8 Å². The minimum atomic E-state index is -3.72. The smallest absolute Gasteiger partial charge is 0.244 e. The normalized spacial score (nSPS) is 13.7. The minimum absolute atomic E-state index is 0.0661. The van der Waals surface area contributed by atoms with Crippen molar-refractivity contribution in [2.75, 3.05) is 13.6 Å². The van der Waals surface area contributed by atoms with Gasteiger partial charge in [0.15, 0.2) is 0 Å². The van der Waals surface area contributed by atoms with Crippen LogP contribution in [0.1, 0.15) is 16.7 Å². The molecule has 0 unspecified atom stereocenters. The number of benzene rings is 1. The van der Waals surface area contributed by atoms with Gasteiger partial charge in [-0.2, -0.15) is 4.31 Å². The fourth-order valence-corrected chi connectivity index (χ4v) is 3.77. The predicted molar refractivity (Wildman–Crippen MR) is 92.9 cm³/mol. The molecule has 2 N–H and O–H groups in total. The first kappa shape index (κ1) is 17.5. The molecule has 1 amide bonds. The second-order valence-electron chi connectivity index (χ2n) is 5.93. The molecule has 7 nitrogen and oxygen atoms in total. The summed E-state index contributed by atoms with van der Waals surface area (Å²) in [5, 5.41) is 6.04. The van der Waals surface area contributed by atoms with Gasteiger partial charge in [0, 0.05) is 39.1 Å². The van der Waals surface area contributed by atoms with E-state index < -0.39 is 10.0 Å². The Morgan fingerprint density at radius 2 is 2.08 bits per heavy atom. The molecule has 1 aromatic heterocycles. The molecule has 0 atom stereocenters. The Kier molecular flexibility index (Phi) is 5.12. The second-order valence-corrected chi connectivity index (χ2v) is 7.98. The lowest BCUT2D eigenvalue weighted by Crippen LogP contribution is -2.38. The summed E-state index contributed by atoms with van der Waals surface area (Å²) < 4.78 is 25.8. The number of likely N-dealkylation sites (N-methyl/N-ethyl adjacent to an activating group) is 1. The third-order valence-corrected chi connectivity index (χ3v) is 5.89. The first-order valence-corrected chi connectivity index (χ1v) is 9.35. The number of rotatable bonds is 6. The van der Waals surface area contributed by atoms with Crippen LogP contribution >= 0.6 is 0 Å². The molecule has 25 heavy (non-hydrogen) atoms. The van der Waals surface area contributed by atoms with E-state index in [1.807, 2.05) is 6.07 Å². The molecule has 0 aliphatic carbocycles. The maximum atomic E-state index is 12.4. The summed E-state index contributed by atoms with van der Waals surface area (Å²) in [6.45, 7) is 1.83. The quantitative estimate of drug-likeness (QED) is 0.788. The SMILES string of the molecule is CN(CC(=O)NCc1ccc2c(c1)CNC2)S(=O)(=O)c1cccnc1. The van der Waals surface area contributed by atoms with E-state index in [1.165, 1.54) is 36.6 Å². The van der Waals surface area contributed by atoms with Crippen LogP contribution in [0, 0.1) is 0 Å². The lowest BCUT2D eigenvalue weighted by molar-refractivity contribution is -0.121. The van der Waals surface area contributed by atoms with Crippen molar-refractivity contribution >= 4 is 15.9 Å². The van der Waals surface area contributed by atoms with Gasteiger partial charge in [0.1, 0.15) is 4.90 Å². The van der Waals surface area contributed by atoms with Gasteiger partial charge in [-0.25, -0.2) is 8.42 Å². The summed E-state index contributed by atoms with van der Waals surface area (Å²) in [7, 11) is -2.35. The Morgan fingerprint density at radius 3 is 2.84 bits per heavy atom. The molecule has 1 aliphatic rings. The lowest BCUT2D eigenvalue weighted by Gasteiger charge is -2.16. The van der Waals surface area contributed by atoms with Gasteiger partial charge in [0.2, 0.25) is 15.9 Å². The molecule has 0 bridgehead atoms. The van der Waals surface area contributed by atoms with Gasteiger partial charge in [-0.15, -0.1) is 0 Å². The number of carbonyl (C=O) groups is 1. The van der Waals surface area contributed by atoms with Crippen LogP contribution in [-0.4, -0.2) is 37.2 Å². The van der Waals surface area contributed by atoms with E-state index in [-0.39, 0.29) is 17.3 Å². The predicted octanol–water partition coefficient (Wildman–Crippen LogP) is 0.622. The highest BCUT2D eigenvalue weighted by atomic mass is 32.2. The first-order chi connectivity index (χ1) is 12.0. The van der Waals surface area contributed by atoms with E-state index in [1.54, 1.807) is 6.07 Å². The average Bonchev–Trinajstić information content (AvgIpc) is 3.08. The van der Waals surface area contributed by atoms with Crippen LogP contribution in [0.5, 0.6) is 0 Å². The molecule has 2 heterocycles. The number of aromatic nitrogens is 1. The molecule has 1 aliphatic heterocycles. The molecule has 0 saturated heterocycles. The number of hydrogen-bond acceptors (Lipinski definition) is 5. The molecule has 132 valence electrons. The van der Waals surface area contributed by atoms with Gasteiger partial charge < -0.3 is 10.6 Å². The fraction of sp³-hybridized carbons (Fsp3) is 0.294. The third kappa shape index (κ3) is 4.04. The average molecular weight is 360 g/mol. The van der Waals surface area contributed by atoms with Gasteiger partial charge in [-0.3, -0.25) is 9.78 Å². The summed E-state index contributed by atoms with van der Waals surface area (Å²) in [4.78, 5) is 16.0. The summed E-state index contributed by atoms with van der Waals surface area (Å²) in [5.74, 6) is -0.353. The Hall–Kier alpha value is -2.29. The van der Waals surface area contributed by atoms with E-state index in [4.69, 9.17) is 0 Å². The maximum absolute atomic E-state index is 12.4. The number of hydrogen-bond donors (Lipinski definition) is 2. The van der Waals surface area contributed by atoms with E-state index in [0.29, 0.717) is 6.54 Å². The van der Waals surface area contributed by atoms with Crippen molar-refractivity contribution in [2.24, 2.45) is 0 Å². The second kappa shape index (κ2) is 7.30. The molecule has 2 aromatic rings. The van der Waals surface area contributed by atoms with Crippen LogP contribution < -0.4 is 10.6 Å². The molecule has 0 saturated carbocycles. The highest BCUT2D eigenvalue weighted by Gasteiger charge is 2.23. The van der Waals surface area contributed by atoms with Crippen LogP contribution in [-0.2, 0) is 34.5 Å². The lowest BCUT2D eigenvalue weighted by atomic mass is 10.1. The van der Waals surface area contributed by atoms with Crippen LogP contribution in [0.25, 0.3) is 0 Å². The number of nitrogens with zero attached hydrogens (tertiary/aromatic N) is 2. The zero-order valence-corrected chi connectivity index (χ0v) is 14.7. The number of carbonyl (C=O) groups excluding carboxylic acids is 1. The summed E-state index contributed by atoms with van der Waals surface area (Å²) in [6.07, 6.45) is 2.76. The largest absolute Gasteiger partial charge is 0.351 e. The number of fused-ring (bicyclic) bond motifs is 1. The van der Waals surface area contributed by atoms with Crippen molar-refractivity contribution in [2.45, 2.75) is 24.5 Å². The third-order valence-electron chi connectivity index (χ3n) is 4.10. The zero-order valence-electron chi connectivity index (χ0n) is 13.9. The van der Waals surface area contributed by atoms with Crippen molar-refractivity contribution in [3.8, 4) is 0 Å². The van der Waals surface area contributed by atoms with Crippen LogP contribution in [0.2, 0.25) is 0 Å². The number of amides is 1. The van der Waals surface area contributed by atoms with Crippen LogP contribution in [0.4, 0.5) is 0 Å². The Bertz CT molecular complexity index is 869. The molecule has 1 aromatic carbocycles. The van der Waals surface area contributed by atoms with Gasteiger partial charge in [0.05, 0.1) is 6.54 Å². The van der Waals surface area contributed by atoms with Crippen molar-refractivity contribution in [1.82, 2.24) is 19.9 Å². The van der Waals surface area contributed by atoms with Crippen molar-refractivity contribution in [3.05, 3.63) is 59.4 Å². The Labute approximate surface area is 147 Å². The van der Waals surface area contributed by atoms with Crippen molar-refractivity contribution < 1.29 is 13.2 Å². The standard InChI is InChI=1S/C17H20N4O3S/c1-21(25(23,24)16-3-2-6-18-11-16)12-17(22)20-8-13-4-5-14-9-19-10-15(14)7-13/h2-7,11,19H,8-10,12H2,1H3,(H,20,22). The molecule has 0 radical (unpaired) electrons. The number of nitrogens with one attached hydrogen (secondary N) is 2. The van der Waals surface area contributed by atoms with Gasteiger partial charge >= 0.3 is 0 Å². The molecule has 3 rings (SSSR count). The molecular weight excluding hydrogens is 340 g/mol. The highest BCUT2D eigenvalue weighted by Crippen LogP contribution is 2.17. The van der Waals surface area contributed by atoms with Crippen molar-refractivity contribution in [3.63, 3.8) is 0 Å². The van der Waals surface area contributed by atoms with Crippen molar-refractivity contribution in [1.29, 1.82) is 0 Å². The number of pyridine rings is 1. The molecular formula is C17H20N4O3S. The first-order valence-electron chi connectivity index (χ1n) is 7.91. The zero-order chi connectivity index (χ0) is 17.9. The van der Waals surface area contributed by atoms with E-state index in [2.05, 4.69) is 27.8 Å². The Balaban J connectivity index is 1.57. The van der Waals surface area contributed by atoms with E-state index in [9.17, 15) is 13.2 Å². The maximum Gasteiger partial charge on any atom is 0.244 e. The number of sulfonamides is 1. The Morgan fingerprint density at radius 1 is 1.28 bits per heavy atom. The van der Waals surface area contributed by atoms with Gasteiger partial charge in [0.25, 0.3) is 0 Å². The summed E-state index contributed by atoms with van der Waals surface area (Å²) >= 11 is 0. The minimum Gasteiger partial charge on any atom is -0.351 e. The molecule has 8 heteroatoms. The topological polar surface area (TPSA) is 91.4 Å². The monoisotopic (exact) mass is 360 g/mol. The van der Waals surface area contributed by atoms with Crippen LogP contribution in [0.15, 0.2) is 47.6 Å². The molecule has 0 fully saturated rings. The highest BCUT2D eigenvalue weighted by molar-refractivity contribution is 7.89. The summed E-state index contributed by atoms with van der Waals surface area (Å²) in [5.41, 5.74) is 3.51. The fourth-order valence-electron chi connectivity index (χ4n) is 2.68.